The second kappa shape index (κ2) is 5.92. The van der Waals surface area contributed by atoms with Crippen LogP contribution in [0.2, 0.25) is 0 Å². The monoisotopic (exact) mass is 201 g/mol. The third kappa shape index (κ3) is 3.90. The Balaban J connectivity index is 2.06. The SMILES string of the molecule is CCSCC1CCN1CCC(C)C. The summed E-state index contributed by atoms with van der Waals surface area (Å²) in [6.45, 7) is 9.56. The van der Waals surface area contributed by atoms with Gasteiger partial charge in [-0.15, -0.1) is 0 Å². The summed E-state index contributed by atoms with van der Waals surface area (Å²) in [4.78, 5) is 2.66. The van der Waals surface area contributed by atoms with Crippen molar-refractivity contribution in [2.24, 2.45) is 5.92 Å². The molecule has 1 fully saturated rings. The zero-order chi connectivity index (χ0) is 9.68. The lowest BCUT2D eigenvalue weighted by atomic mass is 10.0. The zero-order valence-corrected chi connectivity index (χ0v) is 10.1. The molecule has 1 saturated heterocycles. The molecule has 0 aromatic carbocycles. The summed E-state index contributed by atoms with van der Waals surface area (Å²) in [6.07, 6.45) is 2.80. The first kappa shape index (κ1) is 11.4. The Hall–Kier alpha value is 0.310. The molecule has 0 aliphatic carbocycles. The molecule has 1 aliphatic heterocycles. The summed E-state index contributed by atoms with van der Waals surface area (Å²) in [7, 11) is 0. The van der Waals surface area contributed by atoms with Gasteiger partial charge in [-0.05, 0) is 37.6 Å². The Morgan fingerprint density at radius 3 is 2.69 bits per heavy atom. The van der Waals surface area contributed by atoms with E-state index >= 15 is 0 Å². The van der Waals surface area contributed by atoms with E-state index in [0.717, 1.165) is 12.0 Å². The Kier molecular flexibility index (Phi) is 5.18. The first-order valence-corrected chi connectivity index (χ1v) is 6.71. The van der Waals surface area contributed by atoms with Crippen molar-refractivity contribution in [1.29, 1.82) is 0 Å². The summed E-state index contributed by atoms with van der Waals surface area (Å²) < 4.78 is 0. The van der Waals surface area contributed by atoms with E-state index in [1.54, 1.807) is 0 Å². The maximum atomic E-state index is 2.66. The van der Waals surface area contributed by atoms with Gasteiger partial charge in [-0.25, -0.2) is 0 Å². The Morgan fingerprint density at radius 2 is 2.23 bits per heavy atom. The number of hydrogen-bond donors (Lipinski definition) is 0. The highest BCUT2D eigenvalue weighted by Gasteiger charge is 2.26. The molecule has 0 bridgehead atoms. The molecule has 13 heavy (non-hydrogen) atoms. The van der Waals surface area contributed by atoms with E-state index in [1.807, 2.05) is 0 Å². The number of thioether (sulfide) groups is 1. The van der Waals surface area contributed by atoms with E-state index in [1.165, 1.54) is 37.4 Å². The molecular weight excluding hydrogens is 178 g/mol. The van der Waals surface area contributed by atoms with Gasteiger partial charge in [-0.3, -0.25) is 4.90 Å². The van der Waals surface area contributed by atoms with Gasteiger partial charge in [-0.1, -0.05) is 20.8 Å². The highest BCUT2D eigenvalue weighted by Crippen LogP contribution is 2.22. The molecule has 78 valence electrons. The van der Waals surface area contributed by atoms with E-state index in [2.05, 4.69) is 37.4 Å². The fourth-order valence-corrected chi connectivity index (χ4v) is 2.54. The Morgan fingerprint density at radius 1 is 1.46 bits per heavy atom. The minimum Gasteiger partial charge on any atom is -0.299 e. The quantitative estimate of drug-likeness (QED) is 0.650. The normalized spacial score (nSPS) is 23.5. The van der Waals surface area contributed by atoms with E-state index in [0.29, 0.717) is 0 Å². The van der Waals surface area contributed by atoms with Gasteiger partial charge in [0, 0.05) is 11.8 Å². The summed E-state index contributed by atoms with van der Waals surface area (Å²) in [5.41, 5.74) is 0. The average molecular weight is 201 g/mol. The molecule has 2 heteroatoms. The van der Waals surface area contributed by atoms with Crippen molar-refractivity contribution in [3.8, 4) is 0 Å². The summed E-state index contributed by atoms with van der Waals surface area (Å²) in [6, 6.07) is 0.906. The predicted molar refractivity (Wildman–Crippen MR) is 62.4 cm³/mol. The lowest BCUT2D eigenvalue weighted by molar-refractivity contribution is 0.102. The number of rotatable bonds is 6. The molecule has 0 aromatic rings. The third-order valence-electron chi connectivity index (χ3n) is 2.77. The van der Waals surface area contributed by atoms with E-state index in [-0.39, 0.29) is 0 Å². The summed E-state index contributed by atoms with van der Waals surface area (Å²) in [5, 5.41) is 0. The maximum absolute atomic E-state index is 2.66. The van der Waals surface area contributed by atoms with Gasteiger partial charge in [0.05, 0.1) is 0 Å². The largest absolute Gasteiger partial charge is 0.299 e. The first-order valence-electron chi connectivity index (χ1n) is 5.55. The van der Waals surface area contributed by atoms with Crippen LogP contribution in [0, 0.1) is 5.92 Å². The van der Waals surface area contributed by atoms with Crippen LogP contribution in [0.15, 0.2) is 0 Å². The van der Waals surface area contributed by atoms with Crippen molar-refractivity contribution in [2.45, 2.75) is 39.7 Å². The molecule has 1 unspecified atom stereocenters. The van der Waals surface area contributed by atoms with Gasteiger partial charge in [0.1, 0.15) is 0 Å². The molecule has 0 radical (unpaired) electrons. The summed E-state index contributed by atoms with van der Waals surface area (Å²) >= 11 is 2.09. The van der Waals surface area contributed by atoms with Crippen LogP contribution in [0.3, 0.4) is 0 Å². The highest BCUT2D eigenvalue weighted by atomic mass is 32.2. The topological polar surface area (TPSA) is 3.24 Å². The molecule has 1 aliphatic rings. The van der Waals surface area contributed by atoms with Crippen molar-refractivity contribution < 1.29 is 0 Å². The van der Waals surface area contributed by atoms with Crippen molar-refractivity contribution in [2.75, 3.05) is 24.6 Å². The molecule has 0 N–H and O–H groups in total. The van der Waals surface area contributed by atoms with Crippen molar-refractivity contribution in [3.63, 3.8) is 0 Å². The molecule has 1 heterocycles. The molecule has 1 rings (SSSR count). The van der Waals surface area contributed by atoms with E-state index < -0.39 is 0 Å². The fourth-order valence-electron chi connectivity index (χ4n) is 1.66. The standard InChI is InChI=1S/C11H23NS/c1-4-13-9-11-6-8-12(11)7-5-10(2)3/h10-11H,4-9H2,1-3H3. The van der Waals surface area contributed by atoms with Gasteiger partial charge in [0.15, 0.2) is 0 Å². The molecule has 0 saturated carbocycles. The van der Waals surface area contributed by atoms with Crippen molar-refractivity contribution in [3.05, 3.63) is 0 Å². The Labute approximate surface area is 87.3 Å². The molecule has 1 atom stereocenters. The van der Waals surface area contributed by atoms with Crippen LogP contribution in [0.5, 0.6) is 0 Å². The van der Waals surface area contributed by atoms with Crippen LogP contribution >= 0.6 is 11.8 Å². The maximum Gasteiger partial charge on any atom is 0.0198 e. The van der Waals surface area contributed by atoms with Crippen molar-refractivity contribution in [1.82, 2.24) is 4.90 Å². The minimum atomic E-state index is 0.861. The van der Waals surface area contributed by atoms with E-state index in [4.69, 9.17) is 0 Å². The van der Waals surface area contributed by atoms with Crippen molar-refractivity contribution >= 4 is 11.8 Å². The van der Waals surface area contributed by atoms with Gasteiger partial charge in [0.2, 0.25) is 0 Å². The van der Waals surface area contributed by atoms with Gasteiger partial charge < -0.3 is 0 Å². The molecular formula is C11H23NS. The minimum absolute atomic E-state index is 0.861. The fraction of sp³-hybridized carbons (Fsp3) is 1.00. The Bertz CT molecular complexity index is 136. The van der Waals surface area contributed by atoms with Crippen LogP contribution < -0.4 is 0 Å². The average Bonchev–Trinajstić information content (AvgIpc) is 2.03. The van der Waals surface area contributed by atoms with Crippen LogP contribution in [0.4, 0.5) is 0 Å². The predicted octanol–water partition coefficient (Wildman–Crippen LogP) is 2.86. The van der Waals surface area contributed by atoms with Crippen LogP contribution in [0.1, 0.15) is 33.6 Å². The number of nitrogens with zero attached hydrogens (tertiary/aromatic N) is 1. The molecule has 1 nitrogen and oxygen atoms in total. The molecule has 0 amide bonds. The third-order valence-corrected chi connectivity index (χ3v) is 3.80. The van der Waals surface area contributed by atoms with E-state index in [9.17, 15) is 0 Å². The summed E-state index contributed by atoms with van der Waals surface area (Å²) in [5.74, 6) is 3.49. The zero-order valence-electron chi connectivity index (χ0n) is 9.25. The highest BCUT2D eigenvalue weighted by molar-refractivity contribution is 7.99. The number of hydrogen-bond acceptors (Lipinski definition) is 2. The van der Waals surface area contributed by atoms with Crippen LogP contribution in [-0.4, -0.2) is 35.5 Å². The van der Waals surface area contributed by atoms with Crippen LogP contribution in [0.25, 0.3) is 0 Å². The van der Waals surface area contributed by atoms with Gasteiger partial charge in [-0.2, -0.15) is 11.8 Å². The second-order valence-corrected chi connectivity index (χ2v) is 5.64. The lowest BCUT2D eigenvalue weighted by Gasteiger charge is -2.41. The smallest absolute Gasteiger partial charge is 0.0198 e. The first-order chi connectivity index (χ1) is 6.24. The second-order valence-electron chi connectivity index (χ2n) is 4.32. The van der Waals surface area contributed by atoms with Crippen LogP contribution in [-0.2, 0) is 0 Å². The lowest BCUT2D eigenvalue weighted by Crippen LogP contribution is -2.49. The van der Waals surface area contributed by atoms with Gasteiger partial charge >= 0.3 is 0 Å². The molecule has 0 spiro atoms. The van der Waals surface area contributed by atoms with Gasteiger partial charge in [0.25, 0.3) is 0 Å². The number of likely N-dealkylation sites (tertiary alicyclic amines) is 1. The molecule has 0 aromatic heterocycles.